The largest absolute Gasteiger partial charge is 0.451 e. The van der Waals surface area contributed by atoms with Crippen LogP contribution in [0.1, 0.15) is 59.3 Å². The maximum Gasteiger partial charge on any atom is 0.338 e. The van der Waals surface area contributed by atoms with Crippen molar-refractivity contribution in [1.82, 2.24) is 8.87 Å². The van der Waals surface area contributed by atoms with Crippen molar-refractivity contribution in [3.63, 3.8) is 0 Å². The molecule has 1 saturated heterocycles. The van der Waals surface area contributed by atoms with Gasteiger partial charge in [0, 0.05) is 40.8 Å². The van der Waals surface area contributed by atoms with E-state index in [1.54, 1.807) is 18.2 Å². The molecule has 0 amide bonds. The van der Waals surface area contributed by atoms with E-state index in [9.17, 15) is 18.0 Å². The molecule has 0 spiro atoms. The monoisotopic (exact) mass is 556 g/mol. The molecular weight excluding hydrogens is 524 g/mol. The van der Waals surface area contributed by atoms with E-state index in [0.29, 0.717) is 23.7 Å². The van der Waals surface area contributed by atoms with Crippen molar-refractivity contribution in [2.24, 2.45) is 11.8 Å². The molecule has 0 aliphatic carbocycles. The number of rotatable bonds is 7. The third kappa shape index (κ3) is 5.72. The van der Waals surface area contributed by atoms with Gasteiger partial charge in [0.05, 0.1) is 10.5 Å². The van der Waals surface area contributed by atoms with Crippen molar-refractivity contribution >= 4 is 33.4 Å². The molecule has 2 heterocycles. The zero-order valence-electron chi connectivity index (χ0n) is 22.3. The lowest BCUT2D eigenvalue weighted by molar-refractivity contribution is 0.0318. The standard InChI is InChI=1S/C29H33ClN2O5S/c1-18-14-19(2)17-31(16-18)38(35,36)26-12-6-23(7-13-26)29(34)37-22(5)28(33)27-15-20(3)32(21(27)4)25-10-8-24(30)9-11-25/h6-13,15,18-19,22H,14,16-17H2,1-5H3/t18-,19-,22+/m1/s1. The number of ketones is 1. The Kier molecular flexibility index (Phi) is 8.16. The Labute approximate surface area is 229 Å². The highest BCUT2D eigenvalue weighted by Gasteiger charge is 2.32. The number of aryl methyl sites for hydroxylation is 1. The van der Waals surface area contributed by atoms with Crippen molar-refractivity contribution in [1.29, 1.82) is 0 Å². The smallest absolute Gasteiger partial charge is 0.338 e. The molecule has 1 aromatic heterocycles. The van der Waals surface area contributed by atoms with Crippen molar-refractivity contribution in [2.75, 3.05) is 13.1 Å². The summed E-state index contributed by atoms with van der Waals surface area (Å²) in [4.78, 5) is 26.1. The molecule has 202 valence electrons. The number of esters is 1. The maximum atomic E-state index is 13.2. The normalized spacial score (nSPS) is 19.2. The number of ether oxygens (including phenoxy) is 1. The first-order valence-corrected chi connectivity index (χ1v) is 14.5. The minimum absolute atomic E-state index is 0.133. The Morgan fingerprint density at radius 3 is 2.13 bits per heavy atom. The molecule has 2 aromatic carbocycles. The molecule has 1 aliphatic heterocycles. The first-order chi connectivity index (χ1) is 17.9. The van der Waals surface area contributed by atoms with E-state index in [-0.39, 0.29) is 28.1 Å². The molecule has 3 aromatic rings. The van der Waals surface area contributed by atoms with Gasteiger partial charge in [-0.2, -0.15) is 4.31 Å². The Balaban J connectivity index is 1.46. The molecule has 9 heteroatoms. The van der Waals surface area contributed by atoms with Gasteiger partial charge in [0.15, 0.2) is 6.10 Å². The van der Waals surface area contributed by atoms with Crippen LogP contribution in [0.5, 0.6) is 0 Å². The fourth-order valence-electron chi connectivity index (χ4n) is 5.21. The molecule has 38 heavy (non-hydrogen) atoms. The summed E-state index contributed by atoms with van der Waals surface area (Å²) in [7, 11) is -3.66. The van der Waals surface area contributed by atoms with E-state index in [1.807, 2.05) is 30.5 Å². The molecule has 0 unspecified atom stereocenters. The number of hydrogen-bond acceptors (Lipinski definition) is 5. The van der Waals surface area contributed by atoms with Crippen LogP contribution < -0.4 is 0 Å². The predicted molar refractivity (Wildman–Crippen MR) is 148 cm³/mol. The van der Waals surface area contributed by atoms with Gasteiger partial charge in [-0.15, -0.1) is 0 Å². The second-order valence-corrected chi connectivity index (χ2v) is 12.7. The third-order valence-electron chi connectivity index (χ3n) is 7.00. The highest BCUT2D eigenvalue weighted by molar-refractivity contribution is 7.89. The van der Waals surface area contributed by atoms with E-state index < -0.39 is 22.1 Å². The Hall–Kier alpha value is -2.94. The van der Waals surface area contributed by atoms with Crippen LogP contribution in [0.2, 0.25) is 5.02 Å². The average molecular weight is 557 g/mol. The van der Waals surface area contributed by atoms with E-state index >= 15 is 0 Å². The van der Waals surface area contributed by atoms with Gasteiger partial charge in [0.25, 0.3) is 0 Å². The molecule has 0 saturated carbocycles. The number of Topliss-reactive ketones (excluding diaryl/α,β-unsaturated/α-hetero) is 1. The van der Waals surface area contributed by atoms with Crippen LogP contribution in [-0.4, -0.2) is 48.2 Å². The van der Waals surface area contributed by atoms with E-state index in [1.165, 1.54) is 35.5 Å². The van der Waals surface area contributed by atoms with Gasteiger partial charge < -0.3 is 9.30 Å². The van der Waals surface area contributed by atoms with E-state index in [4.69, 9.17) is 16.3 Å². The number of nitrogens with zero attached hydrogens (tertiary/aromatic N) is 2. The molecule has 1 aliphatic rings. The van der Waals surface area contributed by atoms with E-state index in [0.717, 1.165) is 23.5 Å². The predicted octanol–water partition coefficient (Wildman–Crippen LogP) is 5.84. The van der Waals surface area contributed by atoms with Gasteiger partial charge in [-0.3, -0.25) is 4.79 Å². The quantitative estimate of drug-likeness (QED) is 0.269. The van der Waals surface area contributed by atoms with Gasteiger partial charge >= 0.3 is 5.97 Å². The van der Waals surface area contributed by atoms with Gasteiger partial charge in [-0.25, -0.2) is 13.2 Å². The summed E-state index contributed by atoms with van der Waals surface area (Å²) in [6, 6.07) is 14.8. The minimum Gasteiger partial charge on any atom is -0.451 e. The molecule has 1 fully saturated rings. The van der Waals surface area contributed by atoms with Crippen LogP contribution in [0, 0.1) is 25.7 Å². The van der Waals surface area contributed by atoms with Crippen molar-refractivity contribution in [3.05, 3.63) is 82.1 Å². The SMILES string of the molecule is Cc1cc(C(=O)[C@H](C)OC(=O)c2ccc(S(=O)(=O)N3C[C@H](C)C[C@@H](C)C3)cc2)c(C)n1-c1ccc(Cl)cc1. The van der Waals surface area contributed by atoms with Crippen LogP contribution in [0.3, 0.4) is 0 Å². The fourth-order valence-corrected chi connectivity index (χ4v) is 7.02. The number of carbonyl (C=O) groups is 2. The zero-order valence-corrected chi connectivity index (χ0v) is 23.8. The number of halogens is 1. The van der Waals surface area contributed by atoms with Gasteiger partial charge in [-0.05, 0) is 93.6 Å². The lowest BCUT2D eigenvalue weighted by Crippen LogP contribution is -2.42. The second-order valence-electron chi connectivity index (χ2n) is 10.3. The summed E-state index contributed by atoms with van der Waals surface area (Å²) in [5, 5.41) is 0.620. The van der Waals surface area contributed by atoms with Crippen LogP contribution >= 0.6 is 11.6 Å². The lowest BCUT2D eigenvalue weighted by Gasteiger charge is -2.34. The second kappa shape index (κ2) is 11.0. The molecule has 4 rings (SSSR count). The molecular formula is C29H33ClN2O5S. The molecule has 3 atom stereocenters. The highest BCUT2D eigenvalue weighted by Crippen LogP contribution is 2.27. The van der Waals surface area contributed by atoms with Crippen molar-refractivity contribution in [2.45, 2.75) is 52.0 Å². The number of carbonyl (C=O) groups excluding carboxylic acids is 2. The summed E-state index contributed by atoms with van der Waals surface area (Å²) in [6.07, 6.45) is -0.0278. The first-order valence-electron chi connectivity index (χ1n) is 12.7. The maximum absolute atomic E-state index is 13.2. The lowest BCUT2D eigenvalue weighted by atomic mass is 9.94. The number of benzene rings is 2. The summed E-state index contributed by atoms with van der Waals surface area (Å²) in [5.74, 6) is -0.435. The number of piperidine rings is 1. The summed E-state index contributed by atoms with van der Waals surface area (Å²) >= 11 is 6.01. The van der Waals surface area contributed by atoms with Crippen LogP contribution in [0.15, 0.2) is 59.5 Å². The molecule has 0 N–H and O–H groups in total. The zero-order chi connectivity index (χ0) is 27.8. The number of hydrogen-bond donors (Lipinski definition) is 0. The van der Waals surface area contributed by atoms with Crippen LogP contribution in [-0.2, 0) is 14.8 Å². The highest BCUT2D eigenvalue weighted by atomic mass is 35.5. The first kappa shape index (κ1) is 28.1. The van der Waals surface area contributed by atoms with Gasteiger partial charge in [0.2, 0.25) is 15.8 Å². The van der Waals surface area contributed by atoms with Crippen molar-refractivity contribution in [3.8, 4) is 5.69 Å². The summed E-state index contributed by atoms with van der Waals surface area (Å²) in [5.41, 5.74) is 3.10. The topological polar surface area (TPSA) is 85.7 Å². The van der Waals surface area contributed by atoms with Crippen molar-refractivity contribution < 1.29 is 22.7 Å². The Morgan fingerprint density at radius 1 is 0.974 bits per heavy atom. The Morgan fingerprint density at radius 2 is 1.55 bits per heavy atom. The van der Waals surface area contributed by atoms with E-state index in [2.05, 4.69) is 13.8 Å². The molecule has 7 nitrogen and oxygen atoms in total. The Bertz CT molecular complexity index is 1440. The number of sulfonamides is 1. The summed E-state index contributed by atoms with van der Waals surface area (Å²) in [6.45, 7) is 10.3. The van der Waals surface area contributed by atoms with Gasteiger partial charge in [-0.1, -0.05) is 25.4 Å². The average Bonchev–Trinajstić information content (AvgIpc) is 3.17. The fraction of sp³-hybridized carbons (Fsp3) is 0.379. The summed E-state index contributed by atoms with van der Waals surface area (Å²) < 4.78 is 35.2. The third-order valence-corrected chi connectivity index (χ3v) is 9.10. The minimum atomic E-state index is -3.66. The van der Waals surface area contributed by atoms with Crippen LogP contribution in [0.4, 0.5) is 0 Å². The van der Waals surface area contributed by atoms with Crippen LogP contribution in [0.25, 0.3) is 5.69 Å². The number of aromatic nitrogens is 1. The molecule has 0 radical (unpaired) electrons. The molecule has 0 bridgehead atoms. The van der Waals surface area contributed by atoms with Gasteiger partial charge in [0.1, 0.15) is 0 Å².